The molecule has 0 saturated heterocycles. The van der Waals surface area contributed by atoms with Gasteiger partial charge in [0.1, 0.15) is 5.75 Å². The zero-order chi connectivity index (χ0) is 15.2. The quantitative estimate of drug-likeness (QED) is 0.669. The van der Waals surface area contributed by atoms with Crippen LogP contribution in [0.1, 0.15) is 34.7 Å². The zero-order valence-electron chi connectivity index (χ0n) is 13.2. The van der Waals surface area contributed by atoms with E-state index in [2.05, 4.69) is 68.5 Å². The second-order valence-electron chi connectivity index (χ2n) is 5.18. The van der Waals surface area contributed by atoms with Gasteiger partial charge in [0.15, 0.2) is 0 Å². The Morgan fingerprint density at radius 2 is 1.38 bits per heavy atom. The van der Waals surface area contributed by atoms with Crippen molar-refractivity contribution >= 4 is 18.2 Å². The highest BCUT2D eigenvalue weighted by atomic mass is 16.5. The molecule has 0 radical (unpaired) electrons. The van der Waals surface area contributed by atoms with Gasteiger partial charge in [0.2, 0.25) is 0 Å². The fraction of sp³-hybridized carbons (Fsp3) is 0.200. The van der Waals surface area contributed by atoms with E-state index in [1.165, 1.54) is 22.3 Å². The maximum atomic E-state index is 5.46. The summed E-state index contributed by atoms with van der Waals surface area (Å²) in [5.41, 5.74) is 6.04. The lowest BCUT2D eigenvalue weighted by molar-refractivity contribution is 0.413. The molecule has 2 aromatic rings. The Morgan fingerprint density at radius 3 is 1.95 bits per heavy atom. The molecule has 0 spiro atoms. The SMILES string of the molecule is C/C=C/c1ccc(/C=C/c2cc(C)c(C)cc2OC)cc1. The molecule has 0 N–H and O–H groups in total. The van der Waals surface area contributed by atoms with Crippen LogP contribution in [-0.2, 0) is 0 Å². The van der Waals surface area contributed by atoms with E-state index >= 15 is 0 Å². The van der Waals surface area contributed by atoms with Gasteiger partial charge in [-0.05, 0) is 55.2 Å². The Bertz CT molecular complexity index is 661. The van der Waals surface area contributed by atoms with Crippen LogP contribution in [-0.4, -0.2) is 7.11 Å². The summed E-state index contributed by atoms with van der Waals surface area (Å²) < 4.78 is 5.46. The Kier molecular flexibility index (Phi) is 4.99. The van der Waals surface area contributed by atoms with Gasteiger partial charge >= 0.3 is 0 Å². The summed E-state index contributed by atoms with van der Waals surface area (Å²) in [5.74, 6) is 0.917. The molecule has 21 heavy (non-hydrogen) atoms. The topological polar surface area (TPSA) is 9.23 Å². The fourth-order valence-corrected chi connectivity index (χ4v) is 2.22. The van der Waals surface area contributed by atoms with E-state index < -0.39 is 0 Å². The summed E-state index contributed by atoms with van der Waals surface area (Å²) in [5, 5.41) is 0. The van der Waals surface area contributed by atoms with Crippen molar-refractivity contribution in [2.24, 2.45) is 0 Å². The van der Waals surface area contributed by atoms with Gasteiger partial charge in [-0.3, -0.25) is 0 Å². The van der Waals surface area contributed by atoms with E-state index in [9.17, 15) is 0 Å². The van der Waals surface area contributed by atoms with Crippen LogP contribution in [0.15, 0.2) is 42.5 Å². The van der Waals surface area contributed by atoms with Crippen molar-refractivity contribution in [3.05, 3.63) is 70.3 Å². The summed E-state index contributed by atoms with van der Waals surface area (Å²) in [6.45, 7) is 6.25. The molecule has 0 aliphatic heterocycles. The van der Waals surface area contributed by atoms with E-state index in [0.29, 0.717) is 0 Å². The number of rotatable bonds is 4. The molecular formula is C20H22O. The Labute approximate surface area is 127 Å². The van der Waals surface area contributed by atoms with Gasteiger partial charge < -0.3 is 4.74 Å². The fourth-order valence-electron chi connectivity index (χ4n) is 2.22. The number of hydrogen-bond donors (Lipinski definition) is 0. The van der Waals surface area contributed by atoms with Gasteiger partial charge in [-0.25, -0.2) is 0 Å². The highest BCUT2D eigenvalue weighted by Gasteiger charge is 2.02. The highest BCUT2D eigenvalue weighted by molar-refractivity contribution is 5.73. The molecule has 0 atom stereocenters. The number of hydrogen-bond acceptors (Lipinski definition) is 1. The van der Waals surface area contributed by atoms with Gasteiger partial charge in [-0.1, -0.05) is 48.6 Å². The molecule has 0 fully saturated rings. The van der Waals surface area contributed by atoms with Crippen LogP contribution in [0.5, 0.6) is 5.75 Å². The lowest BCUT2D eigenvalue weighted by atomic mass is 10.0. The molecule has 0 heterocycles. The second kappa shape index (κ2) is 6.94. The number of benzene rings is 2. The number of aryl methyl sites for hydroxylation is 2. The molecule has 108 valence electrons. The molecule has 0 aliphatic carbocycles. The minimum Gasteiger partial charge on any atom is -0.496 e. The summed E-state index contributed by atoms with van der Waals surface area (Å²) in [4.78, 5) is 0. The monoisotopic (exact) mass is 278 g/mol. The molecule has 2 aromatic carbocycles. The van der Waals surface area contributed by atoms with Crippen LogP contribution in [0.4, 0.5) is 0 Å². The third-order valence-corrected chi connectivity index (χ3v) is 3.60. The van der Waals surface area contributed by atoms with Crippen molar-refractivity contribution in [3.8, 4) is 5.75 Å². The number of ether oxygens (including phenoxy) is 1. The predicted octanol–water partition coefficient (Wildman–Crippen LogP) is 5.52. The van der Waals surface area contributed by atoms with Crippen molar-refractivity contribution in [2.45, 2.75) is 20.8 Å². The van der Waals surface area contributed by atoms with Gasteiger partial charge in [0.05, 0.1) is 7.11 Å². The van der Waals surface area contributed by atoms with Gasteiger partial charge in [0, 0.05) is 5.56 Å². The van der Waals surface area contributed by atoms with Crippen molar-refractivity contribution in [2.75, 3.05) is 7.11 Å². The molecule has 0 aromatic heterocycles. The maximum Gasteiger partial charge on any atom is 0.126 e. The van der Waals surface area contributed by atoms with Crippen molar-refractivity contribution in [3.63, 3.8) is 0 Å². The minimum atomic E-state index is 0.917. The molecular weight excluding hydrogens is 256 g/mol. The molecule has 0 aliphatic rings. The molecule has 0 unspecified atom stereocenters. The van der Waals surface area contributed by atoms with Crippen molar-refractivity contribution in [1.82, 2.24) is 0 Å². The Hall–Kier alpha value is -2.28. The van der Waals surface area contributed by atoms with Crippen LogP contribution < -0.4 is 4.74 Å². The minimum absolute atomic E-state index is 0.917. The largest absolute Gasteiger partial charge is 0.496 e. The molecule has 0 saturated carbocycles. The van der Waals surface area contributed by atoms with Crippen molar-refractivity contribution < 1.29 is 4.74 Å². The van der Waals surface area contributed by atoms with E-state index in [4.69, 9.17) is 4.74 Å². The first-order valence-corrected chi connectivity index (χ1v) is 7.20. The van der Waals surface area contributed by atoms with E-state index in [1.807, 2.05) is 13.0 Å². The van der Waals surface area contributed by atoms with Crippen LogP contribution in [0, 0.1) is 13.8 Å². The smallest absolute Gasteiger partial charge is 0.126 e. The van der Waals surface area contributed by atoms with Crippen molar-refractivity contribution in [1.29, 1.82) is 0 Å². The lowest BCUT2D eigenvalue weighted by Crippen LogP contribution is -1.90. The normalized spacial score (nSPS) is 11.4. The van der Waals surface area contributed by atoms with E-state index in [1.54, 1.807) is 7.11 Å². The van der Waals surface area contributed by atoms with Gasteiger partial charge in [-0.2, -0.15) is 0 Å². The molecule has 1 nitrogen and oxygen atoms in total. The third kappa shape index (κ3) is 3.85. The summed E-state index contributed by atoms with van der Waals surface area (Å²) in [6, 6.07) is 12.7. The lowest BCUT2D eigenvalue weighted by Gasteiger charge is -2.08. The maximum absolute atomic E-state index is 5.46. The molecule has 2 rings (SSSR count). The molecule has 0 bridgehead atoms. The van der Waals surface area contributed by atoms with E-state index in [-0.39, 0.29) is 0 Å². The number of methoxy groups -OCH3 is 1. The van der Waals surface area contributed by atoms with Crippen LogP contribution >= 0.6 is 0 Å². The summed E-state index contributed by atoms with van der Waals surface area (Å²) in [7, 11) is 1.72. The first-order valence-electron chi connectivity index (χ1n) is 7.20. The first kappa shape index (κ1) is 15.1. The third-order valence-electron chi connectivity index (χ3n) is 3.60. The van der Waals surface area contributed by atoms with Gasteiger partial charge in [0.25, 0.3) is 0 Å². The summed E-state index contributed by atoms with van der Waals surface area (Å²) >= 11 is 0. The van der Waals surface area contributed by atoms with Crippen LogP contribution in [0.2, 0.25) is 0 Å². The average molecular weight is 278 g/mol. The highest BCUT2D eigenvalue weighted by Crippen LogP contribution is 2.25. The Morgan fingerprint density at radius 1 is 0.810 bits per heavy atom. The standard InChI is InChI=1S/C20H22O/c1-5-6-17-7-9-18(10-8-17)11-12-19-13-15(2)16(3)14-20(19)21-4/h5-14H,1-4H3/b6-5+,12-11+. The van der Waals surface area contributed by atoms with Gasteiger partial charge in [-0.15, -0.1) is 0 Å². The summed E-state index contributed by atoms with van der Waals surface area (Å²) in [6.07, 6.45) is 8.37. The first-order chi connectivity index (χ1) is 10.1. The number of allylic oxidation sites excluding steroid dienone is 1. The predicted molar refractivity (Wildman–Crippen MR) is 92.5 cm³/mol. The van der Waals surface area contributed by atoms with E-state index in [0.717, 1.165) is 11.3 Å². The van der Waals surface area contributed by atoms with Crippen LogP contribution in [0.3, 0.4) is 0 Å². The Balaban J connectivity index is 2.26. The zero-order valence-corrected chi connectivity index (χ0v) is 13.2. The van der Waals surface area contributed by atoms with Crippen LogP contribution in [0.25, 0.3) is 18.2 Å². The average Bonchev–Trinajstić information content (AvgIpc) is 2.49. The molecule has 0 amide bonds. The molecule has 1 heteroatoms. The second-order valence-corrected chi connectivity index (χ2v) is 5.18.